The summed E-state index contributed by atoms with van der Waals surface area (Å²) in [7, 11) is -1.41. The van der Waals surface area contributed by atoms with Gasteiger partial charge in [0.2, 0.25) is 0 Å². The van der Waals surface area contributed by atoms with Crippen molar-refractivity contribution in [3.8, 4) is 0 Å². The van der Waals surface area contributed by atoms with Crippen molar-refractivity contribution in [1.29, 1.82) is 0 Å². The minimum absolute atomic E-state index is 0.496. The van der Waals surface area contributed by atoms with Gasteiger partial charge in [0.1, 0.15) is 0 Å². The molecule has 92 valence electrons. The maximum atomic E-state index is 8.98. The second kappa shape index (κ2) is 5.99. The molecule has 0 aliphatic carbocycles. The molecule has 0 bridgehead atoms. The van der Waals surface area contributed by atoms with Crippen molar-refractivity contribution < 1.29 is 10.0 Å². The molecule has 0 unspecified atom stereocenters. The van der Waals surface area contributed by atoms with Gasteiger partial charge in [-0.15, -0.1) is 0 Å². The summed E-state index contributed by atoms with van der Waals surface area (Å²) in [5, 5.41) is 18.7. The van der Waals surface area contributed by atoms with Gasteiger partial charge in [0.15, 0.2) is 5.16 Å². The maximum Gasteiger partial charge on any atom is 0.488 e. The van der Waals surface area contributed by atoms with Crippen molar-refractivity contribution in [2.24, 2.45) is 0 Å². The summed E-state index contributed by atoms with van der Waals surface area (Å²) in [6.07, 6.45) is 1.75. The van der Waals surface area contributed by atoms with E-state index in [1.807, 2.05) is 25.1 Å². The highest BCUT2D eigenvalue weighted by atomic mass is 32.2. The van der Waals surface area contributed by atoms with Gasteiger partial charge in [-0.05, 0) is 24.0 Å². The van der Waals surface area contributed by atoms with E-state index < -0.39 is 7.12 Å². The molecule has 0 atom stereocenters. The molecule has 18 heavy (non-hydrogen) atoms. The average Bonchev–Trinajstić information content (AvgIpc) is 2.37. The topological polar surface area (TPSA) is 66.2 Å². The van der Waals surface area contributed by atoms with Gasteiger partial charge in [-0.1, -0.05) is 36.0 Å². The van der Waals surface area contributed by atoms with Gasteiger partial charge in [-0.25, -0.2) is 9.97 Å². The van der Waals surface area contributed by atoms with Gasteiger partial charge >= 0.3 is 7.12 Å². The molecule has 0 radical (unpaired) electrons. The Hall–Kier alpha value is -1.37. The molecule has 0 amide bonds. The summed E-state index contributed by atoms with van der Waals surface area (Å²) in [5.74, 6) is 0.755. The van der Waals surface area contributed by atoms with Crippen molar-refractivity contribution in [1.82, 2.24) is 9.97 Å². The molecule has 0 spiro atoms. The highest BCUT2D eigenvalue weighted by molar-refractivity contribution is 7.98. The van der Waals surface area contributed by atoms with Crippen LogP contribution in [0.5, 0.6) is 0 Å². The van der Waals surface area contributed by atoms with Gasteiger partial charge in [0, 0.05) is 17.6 Å². The van der Waals surface area contributed by atoms with Crippen LogP contribution in [0.1, 0.15) is 11.3 Å². The quantitative estimate of drug-likeness (QED) is 0.482. The first kappa shape index (κ1) is 13.1. The Balaban J connectivity index is 1.98. The molecule has 1 aromatic heterocycles. The minimum Gasteiger partial charge on any atom is -0.423 e. The van der Waals surface area contributed by atoms with Crippen molar-refractivity contribution in [3.05, 3.63) is 47.8 Å². The van der Waals surface area contributed by atoms with Gasteiger partial charge in [-0.2, -0.15) is 0 Å². The van der Waals surface area contributed by atoms with E-state index >= 15 is 0 Å². The second-order valence-electron chi connectivity index (χ2n) is 3.88. The Morgan fingerprint density at radius 3 is 2.50 bits per heavy atom. The van der Waals surface area contributed by atoms with Gasteiger partial charge in [-0.3, -0.25) is 0 Å². The molecule has 2 N–H and O–H groups in total. The van der Waals surface area contributed by atoms with E-state index in [0.29, 0.717) is 5.46 Å². The van der Waals surface area contributed by atoms with Crippen LogP contribution < -0.4 is 5.46 Å². The van der Waals surface area contributed by atoms with Crippen LogP contribution in [0, 0.1) is 6.92 Å². The number of aryl methyl sites for hydroxylation is 1. The standard InChI is InChI=1S/C12H13BN2O2S/c1-9-6-7-14-12(15-9)18-8-10-2-4-11(5-3-10)13(16)17/h2-7,16-17H,8H2,1H3. The van der Waals surface area contributed by atoms with Crippen LogP contribution in [0.3, 0.4) is 0 Å². The highest BCUT2D eigenvalue weighted by Crippen LogP contribution is 2.18. The first-order valence-corrected chi connectivity index (χ1v) is 6.51. The van der Waals surface area contributed by atoms with Crippen molar-refractivity contribution >= 4 is 24.3 Å². The normalized spacial score (nSPS) is 10.4. The summed E-state index contributed by atoms with van der Waals surface area (Å²) >= 11 is 1.55. The first-order chi connectivity index (χ1) is 8.65. The smallest absolute Gasteiger partial charge is 0.423 e. The summed E-state index contributed by atoms with van der Waals surface area (Å²) in [4.78, 5) is 8.48. The number of nitrogens with zero attached hydrogens (tertiary/aromatic N) is 2. The second-order valence-corrected chi connectivity index (χ2v) is 4.83. The van der Waals surface area contributed by atoms with E-state index in [9.17, 15) is 0 Å². The third-order valence-electron chi connectivity index (χ3n) is 2.42. The molecule has 2 rings (SSSR count). The molecule has 2 aromatic rings. The molecule has 1 heterocycles. The van der Waals surface area contributed by atoms with E-state index in [1.54, 1.807) is 30.1 Å². The van der Waals surface area contributed by atoms with E-state index in [2.05, 4.69) is 9.97 Å². The Morgan fingerprint density at radius 1 is 1.17 bits per heavy atom. The molecule has 6 heteroatoms. The maximum absolute atomic E-state index is 8.98. The van der Waals surface area contributed by atoms with Crippen LogP contribution in [0.15, 0.2) is 41.7 Å². The number of rotatable bonds is 4. The molecule has 0 fully saturated rings. The summed E-state index contributed by atoms with van der Waals surface area (Å²) in [6, 6.07) is 9.02. The molecule has 0 aliphatic heterocycles. The van der Waals surface area contributed by atoms with Crippen molar-refractivity contribution in [2.45, 2.75) is 17.8 Å². The van der Waals surface area contributed by atoms with Gasteiger partial charge in [0.25, 0.3) is 0 Å². The molecular weight excluding hydrogens is 247 g/mol. The predicted molar refractivity (Wildman–Crippen MR) is 72.6 cm³/mol. The van der Waals surface area contributed by atoms with Crippen LogP contribution in [-0.4, -0.2) is 27.1 Å². The Labute approximate surface area is 110 Å². The fourth-order valence-electron chi connectivity index (χ4n) is 1.43. The fraction of sp³-hybridized carbons (Fsp3) is 0.167. The van der Waals surface area contributed by atoms with Crippen molar-refractivity contribution in [3.63, 3.8) is 0 Å². The lowest BCUT2D eigenvalue weighted by molar-refractivity contribution is 0.426. The number of hydrogen-bond acceptors (Lipinski definition) is 5. The van der Waals surface area contributed by atoms with Crippen LogP contribution in [-0.2, 0) is 5.75 Å². The van der Waals surface area contributed by atoms with Crippen LogP contribution in [0.2, 0.25) is 0 Å². The largest absolute Gasteiger partial charge is 0.488 e. The molecule has 4 nitrogen and oxygen atoms in total. The predicted octanol–water partition coefficient (Wildman–Crippen LogP) is 0.757. The van der Waals surface area contributed by atoms with E-state index in [0.717, 1.165) is 22.2 Å². The number of aromatic nitrogens is 2. The van der Waals surface area contributed by atoms with Crippen LogP contribution in [0.25, 0.3) is 0 Å². The third kappa shape index (κ3) is 3.56. The monoisotopic (exact) mass is 260 g/mol. The zero-order valence-electron chi connectivity index (χ0n) is 9.95. The lowest BCUT2D eigenvalue weighted by Crippen LogP contribution is -2.29. The zero-order valence-corrected chi connectivity index (χ0v) is 10.8. The number of thioether (sulfide) groups is 1. The Kier molecular flexibility index (Phi) is 4.35. The van der Waals surface area contributed by atoms with E-state index in [1.165, 1.54) is 0 Å². The average molecular weight is 260 g/mol. The molecule has 1 aromatic carbocycles. The van der Waals surface area contributed by atoms with Gasteiger partial charge < -0.3 is 10.0 Å². The molecule has 0 aliphatic rings. The zero-order chi connectivity index (χ0) is 13.0. The number of hydrogen-bond donors (Lipinski definition) is 2. The van der Waals surface area contributed by atoms with E-state index in [-0.39, 0.29) is 0 Å². The number of benzene rings is 1. The van der Waals surface area contributed by atoms with Crippen LogP contribution in [0.4, 0.5) is 0 Å². The third-order valence-corrected chi connectivity index (χ3v) is 3.35. The lowest BCUT2D eigenvalue weighted by Gasteiger charge is -2.03. The fourth-order valence-corrected chi connectivity index (χ4v) is 2.26. The molecule has 0 saturated heterocycles. The Bertz CT molecular complexity index is 520. The molecule has 0 saturated carbocycles. The minimum atomic E-state index is -1.41. The van der Waals surface area contributed by atoms with Gasteiger partial charge in [0.05, 0.1) is 0 Å². The van der Waals surface area contributed by atoms with Crippen molar-refractivity contribution in [2.75, 3.05) is 0 Å². The lowest BCUT2D eigenvalue weighted by atomic mass is 9.80. The Morgan fingerprint density at radius 2 is 1.89 bits per heavy atom. The summed E-state index contributed by atoms with van der Waals surface area (Å²) in [6.45, 7) is 1.93. The first-order valence-electron chi connectivity index (χ1n) is 5.52. The van der Waals surface area contributed by atoms with E-state index in [4.69, 9.17) is 10.0 Å². The highest BCUT2D eigenvalue weighted by Gasteiger charge is 2.09. The summed E-state index contributed by atoms with van der Waals surface area (Å²) < 4.78 is 0. The summed E-state index contributed by atoms with van der Waals surface area (Å²) in [5.41, 5.74) is 2.54. The molecular formula is C12H13BN2O2S. The van der Waals surface area contributed by atoms with Crippen LogP contribution >= 0.6 is 11.8 Å². The SMILES string of the molecule is Cc1ccnc(SCc2ccc(B(O)O)cc2)n1.